The minimum atomic E-state index is -1.10. The van der Waals surface area contributed by atoms with Gasteiger partial charge in [0.05, 0.1) is 6.07 Å². The first-order chi connectivity index (χ1) is 17.3. The van der Waals surface area contributed by atoms with Gasteiger partial charge in [-0.2, -0.15) is 5.26 Å². The van der Waals surface area contributed by atoms with Gasteiger partial charge in [-0.3, -0.25) is 9.59 Å². The van der Waals surface area contributed by atoms with E-state index in [0.29, 0.717) is 11.3 Å². The van der Waals surface area contributed by atoms with Gasteiger partial charge in [0, 0.05) is 5.69 Å². The van der Waals surface area contributed by atoms with Crippen LogP contribution in [0.5, 0.6) is 0 Å². The number of carbonyl (C=O) groups excluding carboxylic acids is 3. The van der Waals surface area contributed by atoms with Gasteiger partial charge in [0.1, 0.15) is 24.2 Å². The summed E-state index contributed by atoms with van der Waals surface area (Å²) in [7, 11) is 0. The normalized spacial score (nSPS) is 12.8. The molecule has 2 aromatic carbocycles. The third-order valence-electron chi connectivity index (χ3n) is 6.03. The van der Waals surface area contributed by atoms with Gasteiger partial charge in [-0.1, -0.05) is 50.2 Å². The summed E-state index contributed by atoms with van der Waals surface area (Å²) in [5.74, 6) is -1.33. The molecular formula is C29H38N4O4. The summed E-state index contributed by atoms with van der Waals surface area (Å²) < 4.78 is 5.36. The Balaban J connectivity index is 2.57. The second kappa shape index (κ2) is 12.4. The molecule has 2 N–H and O–H groups in total. The maximum absolute atomic E-state index is 13.9. The molecule has 8 heteroatoms. The maximum atomic E-state index is 13.9. The zero-order chi connectivity index (χ0) is 27.9. The quantitative estimate of drug-likeness (QED) is 0.479. The highest BCUT2D eigenvalue weighted by Crippen LogP contribution is 2.29. The molecule has 0 aliphatic rings. The first kappa shape index (κ1) is 29.4. The van der Waals surface area contributed by atoms with Crippen molar-refractivity contribution < 1.29 is 19.1 Å². The monoisotopic (exact) mass is 506 g/mol. The van der Waals surface area contributed by atoms with Crippen LogP contribution in [0.1, 0.15) is 62.9 Å². The third-order valence-corrected chi connectivity index (χ3v) is 6.03. The highest BCUT2D eigenvalue weighted by Gasteiger charge is 2.38. The van der Waals surface area contributed by atoms with E-state index < -0.39 is 35.6 Å². The van der Waals surface area contributed by atoms with E-state index in [1.54, 1.807) is 46.8 Å². The van der Waals surface area contributed by atoms with Crippen LogP contribution in [0.25, 0.3) is 0 Å². The number of hydrogen-bond donors (Lipinski definition) is 2. The van der Waals surface area contributed by atoms with Crippen LogP contribution in [0, 0.1) is 38.0 Å². The van der Waals surface area contributed by atoms with E-state index in [1.807, 2.05) is 57.2 Å². The number of ether oxygens (including phenoxy) is 1. The van der Waals surface area contributed by atoms with Crippen molar-refractivity contribution >= 4 is 23.6 Å². The van der Waals surface area contributed by atoms with Crippen molar-refractivity contribution in [2.75, 3.05) is 11.9 Å². The Morgan fingerprint density at radius 1 is 1.00 bits per heavy atom. The van der Waals surface area contributed by atoms with Gasteiger partial charge in [0.25, 0.3) is 5.91 Å². The summed E-state index contributed by atoms with van der Waals surface area (Å²) in [5.41, 5.74) is 3.11. The number of nitriles is 1. The minimum absolute atomic E-state index is 0.333. The fraction of sp³-hybridized carbons (Fsp3) is 0.448. The number of alkyl carbamates (subject to hydrolysis) is 1. The number of rotatable bonds is 8. The second-order valence-electron chi connectivity index (χ2n) is 10.5. The highest BCUT2D eigenvalue weighted by atomic mass is 16.6. The molecule has 0 radical (unpaired) electrons. The van der Waals surface area contributed by atoms with Gasteiger partial charge in [-0.15, -0.1) is 0 Å². The Kier molecular flexibility index (Phi) is 9.84. The van der Waals surface area contributed by atoms with Gasteiger partial charge >= 0.3 is 6.09 Å². The summed E-state index contributed by atoms with van der Waals surface area (Å²) in [5, 5.41) is 15.3. The molecule has 0 bridgehead atoms. The molecular weight excluding hydrogens is 468 g/mol. The van der Waals surface area contributed by atoms with Gasteiger partial charge in [-0.05, 0) is 75.8 Å². The van der Waals surface area contributed by atoms with Crippen LogP contribution in [0.2, 0.25) is 0 Å². The SMILES string of the molecule is Cc1ccccc1NC(=O)C(c1cccc(C)c1C)N(CC#N)C(=O)C(NC(=O)OC(C)(C)C)C(C)C. The fourth-order valence-electron chi connectivity index (χ4n) is 3.93. The standard InChI is InChI=1S/C29H38N4O4/c1-18(2)24(32-28(36)37-29(6,7)8)27(35)33(17-16-30)25(22-14-11-13-19(3)21(22)5)26(34)31-23-15-10-9-12-20(23)4/h9-15,18,24-25H,17H2,1-8H3,(H,31,34)(H,32,36). The van der Waals surface area contributed by atoms with E-state index in [-0.39, 0.29) is 12.5 Å². The summed E-state index contributed by atoms with van der Waals surface area (Å²) in [6.45, 7) is 14.1. The topological polar surface area (TPSA) is 112 Å². The van der Waals surface area contributed by atoms with Crippen LogP contribution in [-0.2, 0) is 14.3 Å². The Morgan fingerprint density at radius 3 is 2.19 bits per heavy atom. The largest absolute Gasteiger partial charge is 0.444 e. The smallest absolute Gasteiger partial charge is 0.408 e. The van der Waals surface area contributed by atoms with Crippen molar-refractivity contribution in [3.8, 4) is 6.07 Å². The Hall–Kier alpha value is -3.86. The first-order valence-corrected chi connectivity index (χ1v) is 12.4. The van der Waals surface area contributed by atoms with E-state index in [2.05, 4.69) is 10.6 Å². The highest BCUT2D eigenvalue weighted by molar-refractivity contribution is 5.99. The molecule has 0 aromatic heterocycles. The number of nitrogens with zero attached hydrogens (tertiary/aromatic N) is 2. The summed E-state index contributed by atoms with van der Waals surface area (Å²) in [6, 6.07) is 12.8. The number of carbonyl (C=O) groups is 3. The number of anilines is 1. The van der Waals surface area contributed by atoms with E-state index in [9.17, 15) is 19.6 Å². The zero-order valence-corrected chi connectivity index (χ0v) is 23.0. The van der Waals surface area contributed by atoms with Gasteiger partial charge in [0.15, 0.2) is 0 Å². The van der Waals surface area contributed by atoms with Crippen LogP contribution >= 0.6 is 0 Å². The molecule has 0 aliphatic heterocycles. The summed E-state index contributed by atoms with van der Waals surface area (Å²) in [6.07, 6.45) is -0.746. The molecule has 0 aliphatic carbocycles. The average molecular weight is 507 g/mol. The summed E-state index contributed by atoms with van der Waals surface area (Å²) in [4.78, 5) is 41.6. The van der Waals surface area contributed by atoms with Gasteiger partial charge in [-0.25, -0.2) is 4.79 Å². The fourth-order valence-corrected chi connectivity index (χ4v) is 3.93. The minimum Gasteiger partial charge on any atom is -0.444 e. The molecule has 0 heterocycles. The average Bonchev–Trinajstić information content (AvgIpc) is 2.79. The van der Waals surface area contributed by atoms with Crippen molar-refractivity contribution in [3.63, 3.8) is 0 Å². The first-order valence-electron chi connectivity index (χ1n) is 12.4. The number of nitrogens with one attached hydrogen (secondary N) is 2. The lowest BCUT2D eigenvalue weighted by Crippen LogP contribution is -2.54. The van der Waals surface area contributed by atoms with Crippen molar-refractivity contribution in [2.24, 2.45) is 5.92 Å². The van der Waals surface area contributed by atoms with E-state index >= 15 is 0 Å². The number of hydrogen-bond acceptors (Lipinski definition) is 5. The number of amides is 3. The lowest BCUT2D eigenvalue weighted by Gasteiger charge is -2.35. The Labute approximate surface area is 220 Å². The predicted octanol–water partition coefficient (Wildman–Crippen LogP) is 5.19. The Bertz CT molecular complexity index is 1180. The lowest BCUT2D eigenvalue weighted by atomic mass is 9.94. The molecule has 2 atom stereocenters. The maximum Gasteiger partial charge on any atom is 0.408 e. The van der Waals surface area contributed by atoms with Crippen LogP contribution in [0.3, 0.4) is 0 Å². The van der Waals surface area contributed by atoms with E-state index in [1.165, 1.54) is 4.90 Å². The Morgan fingerprint density at radius 2 is 1.62 bits per heavy atom. The summed E-state index contributed by atoms with van der Waals surface area (Å²) >= 11 is 0. The molecule has 0 saturated carbocycles. The van der Waals surface area contributed by atoms with E-state index in [0.717, 1.165) is 16.7 Å². The zero-order valence-electron chi connectivity index (χ0n) is 23.0. The molecule has 37 heavy (non-hydrogen) atoms. The third kappa shape index (κ3) is 7.81. The lowest BCUT2D eigenvalue weighted by molar-refractivity contribution is -0.141. The van der Waals surface area contributed by atoms with Crippen molar-refractivity contribution in [3.05, 3.63) is 64.7 Å². The molecule has 0 saturated heterocycles. The number of benzene rings is 2. The van der Waals surface area contributed by atoms with E-state index in [4.69, 9.17) is 4.74 Å². The second-order valence-corrected chi connectivity index (χ2v) is 10.5. The van der Waals surface area contributed by atoms with Crippen molar-refractivity contribution in [1.29, 1.82) is 5.26 Å². The van der Waals surface area contributed by atoms with Crippen LogP contribution in [-0.4, -0.2) is 41.0 Å². The van der Waals surface area contributed by atoms with Crippen molar-refractivity contribution in [2.45, 2.75) is 73.1 Å². The molecule has 8 nitrogen and oxygen atoms in total. The van der Waals surface area contributed by atoms with Crippen molar-refractivity contribution in [1.82, 2.24) is 10.2 Å². The molecule has 2 unspecified atom stereocenters. The predicted molar refractivity (Wildman–Crippen MR) is 144 cm³/mol. The number of aryl methyl sites for hydroxylation is 2. The number of para-hydroxylation sites is 1. The van der Waals surface area contributed by atoms with Crippen LogP contribution < -0.4 is 10.6 Å². The molecule has 0 fully saturated rings. The molecule has 2 aromatic rings. The van der Waals surface area contributed by atoms with Crippen LogP contribution in [0.4, 0.5) is 10.5 Å². The van der Waals surface area contributed by atoms with Crippen LogP contribution in [0.15, 0.2) is 42.5 Å². The molecule has 3 amide bonds. The van der Waals surface area contributed by atoms with Gasteiger partial charge in [0.2, 0.25) is 5.91 Å². The van der Waals surface area contributed by atoms with Gasteiger partial charge < -0.3 is 20.3 Å². The molecule has 0 spiro atoms. The molecule has 2 rings (SSSR count). The molecule has 198 valence electrons.